The second-order valence-electron chi connectivity index (χ2n) is 9.91. The van der Waals surface area contributed by atoms with Crippen molar-refractivity contribution in [1.29, 1.82) is 0 Å². The van der Waals surface area contributed by atoms with Gasteiger partial charge in [0.15, 0.2) is 11.3 Å². The lowest BCUT2D eigenvalue weighted by Gasteiger charge is -2.51. The number of carbonyl (C=O) groups is 3. The fourth-order valence-corrected chi connectivity index (χ4v) is 6.14. The van der Waals surface area contributed by atoms with Gasteiger partial charge >= 0.3 is 17.9 Å². The van der Waals surface area contributed by atoms with E-state index < -0.39 is 42.1 Å². The molecule has 2 bridgehead atoms. The number of benzene rings is 1. The van der Waals surface area contributed by atoms with Crippen molar-refractivity contribution in [2.24, 2.45) is 17.8 Å². The zero-order chi connectivity index (χ0) is 25.5. The molecule has 9 nitrogen and oxygen atoms in total. The molecule has 1 aromatic rings. The summed E-state index contributed by atoms with van der Waals surface area (Å²) in [5.41, 5.74) is -3.83. The zero-order valence-electron chi connectivity index (χ0n) is 19.3. The summed E-state index contributed by atoms with van der Waals surface area (Å²) in [7, 11) is 1.87. The minimum atomic E-state index is -2.76. The Labute approximate surface area is 212 Å². The van der Waals surface area contributed by atoms with Crippen LogP contribution in [-0.2, 0) is 19.1 Å². The summed E-state index contributed by atoms with van der Waals surface area (Å²) in [6.07, 6.45) is 2.30. The van der Waals surface area contributed by atoms with Gasteiger partial charge in [-0.3, -0.25) is 14.5 Å². The summed E-state index contributed by atoms with van der Waals surface area (Å²) < 4.78 is 12.1. The van der Waals surface area contributed by atoms with Gasteiger partial charge in [-0.05, 0) is 56.7 Å². The van der Waals surface area contributed by atoms with Crippen LogP contribution < -0.4 is 4.74 Å². The quantitative estimate of drug-likeness (QED) is 0.389. The number of carbonyl (C=O) groups excluding carboxylic acids is 1. The molecule has 1 aliphatic carbocycles. The number of halogens is 2. The smallest absolute Gasteiger partial charge is 0.336 e. The predicted molar refractivity (Wildman–Crippen MR) is 125 cm³/mol. The van der Waals surface area contributed by atoms with Gasteiger partial charge in [0.25, 0.3) is 0 Å². The predicted octanol–water partition coefficient (Wildman–Crippen LogP) is 3.43. The van der Waals surface area contributed by atoms with Crippen molar-refractivity contribution in [2.45, 2.75) is 62.3 Å². The minimum Gasteiger partial charge on any atom is -0.491 e. The molecule has 192 valence electrons. The fraction of sp³-hybridized carbons (Fsp3) is 0.625. The van der Waals surface area contributed by atoms with Gasteiger partial charge in [-0.25, -0.2) is 4.79 Å². The molecule has 3 fully saturated rings. The number of aliphatic hydroxyl groups is 1. The number of nitrogens with zero attached hydrogens (tertiary/aromatic N) is 1. The number of rotatable bonds is 10. The fourth-order valence-electron chi connectivity index (χ4n) is 5.80. The molecule has 3 N–H and O–H groups in total. The molecule has 4 rings (SSSR count). The molecule has 3 unspecified atom stereocenters. The largest absolute Gasteiger partial charge is 0.491 e. The van der Waals surface area contributed by atoms with E-state index in [0.717, 1.165) is 25.7 Å². The van der Waals surface area contributed by atoms with E-state index in [9.17, 15) is 24.6 Å². The summed E-state index contributed by atoms with van der Waals surface area (Å²) in [5.74, 6) is -3.41. The lowest BCUT2D eigenvalue weighted by atomic mass is 9.75. The van der Waals surface area contributed by atoms with Gasteiger partial charge in [-0.15, -0.1) is 0 Å². The van der Waals surface area contributed by atoms with Crippen molar-refractivity contribution in [3.8, 4) is 5.75 Å². The summed E-state index contributed by atoms with van der Waals surface area (Å²) in [6.45, 7) is 0.198. The van der Waals surface area contributed by atoms with Crippen molar-refractivity contribution in [2.75, 3.05) is 13.7 Å². The molecule has 1 aromatic carbocycles. The highest BCUT2D eigenvalue weighted by Crippen LogP contribution is 2.56. The third kappa shape index (κ3) is 5.09. The van der Waals surface area contributed by atoms with Gasteiger partial charge in [-0.1, -0.05) is 29.3 Å². The van der Waals surface area contributed by atoms with Crippen molar-refractivity contribution in [3.63, 3.8) is 0 Å². The monoisotopic (exact) mass is 529 g/mol. The third-order valence-corrected chi connectivity index (χ3v) is 8.55. The van der Waals surface area contributed by atoms with Gasteiger partial charge in [-0.2, -0.15) is 0 Å². The molecule has 11 heteroatoms. The van der Waals surface area contributed by atoms with E-state index in [2.05, 4.69) is 0 Å². The van der Waals surface area contributed by atoms with Gasteiger partial charge < -0.3 is 24.8 Å². The van der Waals surface area contributed by atoms with Crippen molar-refractivity contribution in [1.82, 2.24) is 4.90 Å². The number of carboxylic acids is 2. The molecule has 0 radical (unpaired) electrons. The number of carboxylic acid groups (broad SMARTS) is 2. The number of fused-ring (bicyclic) bond motifs is 2. The van der Waals surface area contributed by atoms with E-state index in [1.54, 1.807) is 18.2 Å². The van der Waals surface area contributed by atoms with Crippen LogP contribution in [0.1, 0.15) is 44.9 Å². The summed E-state index contributed by atoms with van der Waals surface area (Å²) in [6, 6.07) is 5.29. The van der Waals surface area contributed by atoms with Crippen LogP contribution in [0.3, 0.4) is 0 Å². The molecular formula is C24H29Cl2NO8. The van der Waals surface area contributed by atoms with Crippen LogP contribution in [0, 0.1) is 17.8 Å². The normalized spacial score (nSPS) is 29.9. The number of piperidine rings is 1. The van der Waals surface area contributed by atoms with Gasteiger partial charge in [0.05, 0.1) is 30.4 Å². The van der Waals surface area contributed by atoms with Crippen molar-refractivity contribution in [3.05, 3.63) is 28.2 Å². The summed E-state index contributed by atoms with van der Waals surface area (Å²) >= 11 is 12.4. The maximum atomic E-state index is 13.0. The van der Waals surface area contributed by atoms with Crippen LogP contribution in [0.5, 0.6) is 5.75 Å². The Morgan fingerprint density at radius 2 is 1.89 bits per heavy atom. The Bertz CT molecular complexity index is 1020. The molecule has 2 aliphatic heterocycles. The topological polar surface area (TPSA) is 134 Å². The molecule has 0 amide bonds. The molecule has 2 saturated heterocycles. The molecule has 0 spiro atoms. The van der Waals surface area contributed by atoms with Gasteiger partial charge in [0, 0.05) is 12.5 Å². The highest BCUT2D eigenvalue weighted by Gasteiger charge is 2.62. The Morgan fingerprint density at radius 1 is 1.17 bits per heavy atom. The van der Waals surface area contributed by atoms with E-state index in [0.29, 0.717) is 23.1 Å². The van der Waals surface area contributed by atoms with E-state index in [1.807, 2.05) is 11.9 Å². The first-order chi connectivity index (χ1) is 16.5. The first kappa shape index (κ1) is 26.0. The Balaban J connectivity index is 1.59. The standard InChI is InChI=1S/C24H29Cl2NO8/c1-27-14-7-8-24(27,35-20(30)11-23(33,22(31)32)10-19(28)29)16(15(9-14)13-5-6-13)12-34-18-4-2-3-17(25)21(18)26/h2-4,13-16,33H,5-12H2,1H3,(H,28,29)(H,31,32)/t14?,15-,16+,23?,24?/m0/s1. The lowest BCUT2D eigenvalue weighted by molar-refractivity contribution is -0.219. The van der Waals surface area contributed by atoms with Crippen LogP contribution in [-0.4, -0.2) is 69.1 Å². The second-order valence-corrected chi connectivity index (χ2v) is 10.7. The van der Waals surface area contributed by atoms with Gasteiger partial charge in [0.1, 0.15) is 10.8 Å². The maximum absolute atomic E-state index is 13.0. The highest BCUT2D eigenvalue weighted by molar-refractivity contribution is 6.42. The zero-order valence-corrected chi connectivity index (χ0v) is 20.8. The third-order valence-electron chi connectivity index (χ3n) is 7.75. The van der Waals surface area contributed by atoms with E-state index in [1.165, 1.54) is 0 Å². The number of hydrogen-bond acceptors (Lipinski definition) is 7. The average molecular weight is 530 g/mol. The number of aliphatic carboxylic acids is 2. The summed E-state index contributed by atoms with van der Waals surface area (Å²) in [4.78, 5) is 37.7. The summed E-state index contributed by atoms with van der Waals surface area (Å²) in [5, 5.41) is 29.4. The second kappa shape index (κ2) is 9.76. The van der Waals surface area contributed by atoms with E-state index in [4.69, 9.17) is 37.8 Å². The first-order valence-corrected chi connectivity index (χ1v) is 12.4. The van der Waals surface area contributed by atoms with E-state index in [-0.39, 0.29) is 29.5 Å². The van der Waals surface area contributed by atoms with Crippen LogP contribution in [0.4, 0.5) is 0 Å². The molecule has 0 aromatic heterocycles. The number of hydrogen-bond donors (Lipinski definition) is 3. The van der Waals surface area contributed by atoms with Crippen LogP contribution >= 0.6 is 23.2 Å². The maximum Gasteiger partial charge on any atom is 0.336 e. The Hall–Kier alpha value is -2.07. The molecule has 35 heavy (non-hydrogen) atoms. The number of esters is 1. The van der Waals surface area contributed by atoms with Crippen molar-refractivity contribution < 1.29 is 39.2 Å². The average Bonchev–Trinajstić information content (AvgIpc) is 3.57. The molecule has 3 aliphatic rings. The van der Waals surface area contributed by atoms with Crippen molar-refractivity contribution >= 4 is 41.1 Å². The van der Waals surface area contributed by atoms with Gasteiger partial charge in [0.2, 0.25) is 0 Å². The Kier molecular flexibility index (Phi) is 7.26. The minimum absolute atomic E-state index is 0.191. The van der Waals surface area contributed by atoms with Crippen LogP contribution in [0.2, 0.25) is 10.0 Å². The van der Waals surface area contributed by atoms with E-state index >= 15 is 0 Å². The first-order valence-electron chi connectivity index (χ1n) is 11.7. The molecular weight excluding hydrogens is 501 g/mol. The molecule has 2 heterocycles. The SMILES string of the molecule is CN1C2CCC1(OC(=O)CC(O)(CC(=O)O)C(=O)O)[C@H](COc1cccc(Cl)c1Cl)[C@H](C1CC1)C2. The lowest BCUT2D eigenvalue weighted by Crippen LogP contribution is -2.61. The highest BCUT2D eigenvalue weighted by atomic mass is 35.5. The molecule has 1 saturated carbocycles. The molecule has 5 atom stereocenters. The van der Waals surface area contributed by atoms with Crippen LogP contribution in [0.15, 0.2) is 18.2 Å². The number of ether oxygens (including phenoxy) is 2. The van der Waals surface area contributed by atoms with Crippen LogP contribution in [0.25, 0.3) is 0 Å². The Morgan fingerprint density at radius 3 is 2.51 bits per heavy atom.